The first-order valence-electron chi connectivity index (χ1n) is 19.6. The molecule has 0 bridgehead atoms. The highest BCUT2D eigenvalue weighted by Gasteiger charge is 2.66. The number of carbonyl (C=O) groups is 5. The lowest BCUT2D eigenvalue weighted by molar-refractivity contribution is -0.300. The van der Waals surface area contributed by atoms with Gasteiger partial charge >= 0.3 is 11.9 Å². The van der Waals surface area contributed by atoms with Gasteiger partial charge in [0.2, 0.25) is 0 Å². The second-order valence-electron chi connectivity index (χ2n) is 16.5. The molecule has 0 amide bonds. The van der Waals surface area contributed by atoms with Gasteiger partial charge in [0.1, 0.15) is 30.0 Å². The fourth-order valence-electron chi connectivity index (χ4n) is 9.12. The molecule has 13 unspecified atom stereocenters. The van der Waals surface area contributed by atoms with E-state index in [9.17, 15) is 49.5 Å². The molecule has 0 radical (unpaired) electrons. The number of aliphatic hydroxyl groups is 4. The number of allylic oxidation sites excluding steroid dienone is 2. The fourth-order valence-corrected chi connectivity index (χ4v) is 9.12. The second kappa shape index (κ2) is 15.6. The van der Waals surface area contributed by atoms with Crippen molar-refractivity contribution in [3.8, 4) is 5.75 Å². The van der Waals surface area contributed by atoms with Crippen LogP contribution in [0.25, 0.3) is 0 Å². The highest BCUT2D eigenvalue weighted by molar-refractivity contribution is 6.32. The van der Waals surface area contributed by atoms with Gasteiger partial charge in [0.05, 0.1) is 60.5 Å². The van der Waals surface area contributed by atoms with E-state index in [-0.39, 0.29) is 34.8 Å². The van der Waals surface area contributed by atoms with E-state index in [2.05, 4.69) is 4.74 Å². The van der Waals surface area contributed by atoms with Crippen LogP contribution in [-0.2, 0) is 47.5 Å². The number of rotatable bonds is 8. The van der Waals surface area contributed by atoms with Crippen LogP contribution in [0.2, 0.25) is 0 Å². The zero-order valence-electron chi connectivity index (χ0n) is 32.9. The molecule has 7 rings (SSSR count). The number of ether oxygens (including phenoxy) is 7. The molecule has 1 saturated carbocycles. The number of aromatic hydroxyl groups is 1. The Morgan fingerprint density at radius 3 is 2.12 bits per heavy atom. The normalized spacial score (nSPS) is 40.1. The fraction of sp³-hybridized carbons (Fsp3) is 0.634. The third-order valence-corrected chi connectivity index (χ3v) is 12.2. The molecule has 3 heterocycles. The quantitative estimate of drug-likeness (QED) is 0.185. The van der Waals surface area contributed by atoms with Gasteiger partial charge in [-0.15, -0.1) is 0 Å². The summed E-state index contributed by atoms with van der Waals surface area (Å²) in [6, 6.07) is 2.68. The van der Waals surface area contributed by atoms with E-state index in [1.807, 2.05) is 6.92 Å². The predicted molar refractivity (Wildman–Crippen MR) is 195 cm³/mol. The highest BCUT2D eigenvalue weighted by atomic mass is 16.7. The number of aliphatic hydroxyl groups excluding tert-OH is 1. The molecule has 5 N–H and O–H groups in total. The van der Waals surface area contributed by atoms with Crippen LogP contribution in [0.3, 0.4) is 0 Å². The van der Waals surface area contributed by atoms with Crippen molar-refractivity contribution in [1.82, 2.24) is 0 Å². The molecule has 0 spiro atoms. The van der Waals surface area contributed by atoms with E-state index < -0.39 is 132 Å². The maximum Gasteiger partial charge on any atom is 0.317 e. The molecular weight excluding hydrogens is 764 g/mol. The number of ketones is 3. The van der Waals surface area contributed by atoms with Crippen molar-refractivity contribution in [2.75, 3.05) is 7.11 Å². The summed E-state index contributed by atoms with van der Waals surface area (Å²) in [6.45, 7) is 6.54. The Morgan fingerprint density at radius 2 is 1.48 bits per heavy atom. The minimum atomic E-state index is -2.80. The smallest absolute Gasteiger partial charge is 0.317 e. The van der Waals surface area contributed by atoms with E-state index >= 15 is 0 Å². The van der Waals surface area contributed by atoms with Crippen molar-refractivity contribution in [3.05, 3.63) is 52.1 Å². The lowest BCUT2D eigenvalue weighted by atomic mass is 9.57. The molecule has 13 atom stereocenters. The van der Waals surface area contributed by atoms with E-state index in [1.54, 1.807) is 13.8 Å². The number of esters is 2. The van der Waals surface area contributed by atoms with Crippen LogP contribution in [0.4, 0.5) is 0 Å². The third kappa shape index (κ3) is 7.45. The molecule has 316 valence electrons. The molecule has 58 heavy (non-hydrogen) atoms. The Kier molecular flexibility index (Phi) is 11.4. The average Bonchev–Trinajstić information content (AvgIpc) is 3.14. The molecule has 1 aromatic rings. The molecule has 3 aliphatic carbocycles. The van der Waals surface area contributed by atoms with Crippen LogP contribution >= 0.6 is 0 Å². The van der Waals surface area contributed by atoms with Crippen LogP contribution in [0.1, 0.15) is 111 Å². The number of methoxy groups -OCH3 is 1. The van der Waals surface area contributed by atoms with Crippen molar-refractivity contribution in [2.24, 2.45) is 0 Å². The van der Waals surface area contributed by atoms with E-state index in [0.29, 0.717) is 25.7 Å². The van der Waals surface area contributed by atoms with Crippen LogP contribution in [0, 0.1) is 0 Å². The summed E-state index contributed by atoms with van der Waals surface area (Å²) in [4.78, 5) is 64.7. The van der Waals surface area contributed by atoms with Gasteiger partial charge in [-0.05, 0) is 52.7 Å². The van der Waals surface area contributed by atoms with Gasteiger partial charge in [0.15, 0.2) is 35.5 Å². The van der Waals surface area contributed by atoms with Crippen molar-refractivity contribution < 1.29 is 82.7 Å². The van der Waals surface area contributed by atoms with Gasteiger partial charge in [-0.25, -0.2) is 0 Å². The zero-order chi connectivity index (χ0) is 42.1. The Balaban J connectivity index is 0.996. The van der Waals surface area contributed by atoms with Crippen molar-refractivity contribution in [3.63, 3.8) is 0 Å². The first kappa shape index (κ1) is 42.2. The number of benzene rings is 1. The number of fused-ring (bicyclic) bond motifs is 3. The summed E-state index contributed by atoms with van der Waals surface area (Å²) < 4.78 is 40.7. The lowest BCUT2D eigenvalue weighted by Gasteiger charge is -2.51. The number of hydrogen-bond donors (Lipinski definition) is 5. The van der Waals surface area contributed by atoms with Crippen molar-refractivity contribution >= 4 is 29.3 Å². The monoisotopic (exact) mass is 814 g/mol. The predicted octanol–water partition coefficient (Wildman–Crippen LogP) is 1.72. The van der Waals surface area contributed by atoms with E-state index in [4.69, 9.17) is 28.4 Å². The first-order valence-corrected chi connectivity index (χ1v) is 19.6. The number of phenols is 1. The molecule has 3 saturated heterocycles. The van der Waals surface area contributed by atoms with Crippen molar-refractivity contribution in [1.29, 1.82) is 0 Å². The Labute approximate surface area is 333 Å². The third-order valence-electron chi connectivity index (χ3n) is 12.2. The SMILES string of the molecule is COC(=O)CC(=O)OC1CCC(OC2CCC(OC3CC(c4ccc5c(c4O)C(=O)C4=C(C5=O)C5(O)C(=O)CC(C)(O)CC5(O)C=C4)OC(C)C3O)OC2C)OC1C. The number of carbonyl (C=O) groups excluding carboxylic acids is 5. The summed E-state index contributed by atoms with van der Waals surface area (Å²) in [5.41, 5.74) is -8.32. The molecule has 3 aliphatic heterocycles. The van der Waals surface area contributed by atoms with Crippen LogP contribution < -0.4 is 0 Å². The first-order chi connectivity index (χ1) is 27.3. The summed E-state index contributed by atoms with van der Waals surface area (Å²) >= 11 is 0. The van der Waals surface area contributed by atoms with Crippen LogP contribution in [0.15, 0.2) is 35.4 Å². The van der Waals surface area contributed by atoms with Gasteiger partial charge in [0, 0.05) is 48.8 Å². The maximum atomic E-state index is 14.0. The van der Waals surface area contributed by atoms with E-state index in [0.717, 1.165) is 12.2 Å². The summed E-state index contributed by atoms with van der Waals surface area (Å²) in [6.07, 6.45) is -4.27. The number of phenolic OH excluding ortho intramolecular Hbond substituents is 1. The molecule has 0 aromatic heterocycles. The molecule has 6 aliphatic rings. The minimum Gasteiger partial charge on any atom is -0.507 e. The Bertz CT molecular complexity index is 1940. The molecule has 4 fully saturated rings. The standard InChI is InChI=1S/C41H50O17/c1-18-24(56-30(44)15-29(43)52-5)8-10-31(54-18)57-25-9-11-32(55-19(25)2)58-27-14-26(53-20(3)35(27)45)21-6-7-22-33(36(21)46)37(47)23-12-13-40(50)17-39(4,49)16-28(42)41(40,51)34(23)38(22)48/h6-7,12-13,18-20,24-27,31-32,35,45-46,49-51H,8-11,14-17H2,1-5H3. The van der Waals surface area contributed by atoms with Crippen LogP contribution in [-0.4, -0.2) is 134 Å². The van der Waals surface area contributed by atoms with Gasteiger partial charge in [-0.3, -0.25) is 24.0 Å². The molecular formula is C41H50O17. The topological polar surface area (TPSA) is 251 Å². The summed E-state index contributed by atoms with van der Waals surface area (Å²) in [5, 5.41) is 56.4. The largest absolute Gasteiger partial charge is 0.507 e. The lowest BCUT2D eigenvalue weighted by Crippen LogP contribution is -2.69. The summed E-state index contributed by atoms with van der Waals surface area (Å²) in [5.74, 6) is -4.75. The number of Topliss-reactive ketones (excluding diaryl/α,β-unsaturated/α-hetero) is 3. The zero-order valence-corrected chi connectivity index (χ0v) is 32.9. The average molecular weight is 815 g/mol. The Hall–Kier alpha value is -3.91. The Morgan fingerprint density at radius 1 is 0.845 bits per heavy atom. The maximum absolute atomic E-state index is 14.0. The van der Waals surface area contributed by atoms with Crippen molar-refractivity contribution in [2.45, 2.75) is 157 Å². The van der Waals surface area contributed by atoms with Gasteiger partial charge in [-0.1, -0.05) is 12.1 Å². The van der Waals surface area contributed by atoms with Crippen LogP contribution in [0.5, 0.6) is 5.75 Å². The summed E-state index contributed by atoms with van der Waals surface area (Å²) in [7, 11) is 1.19. The van der Waals surface area contributed by atoms with Gasteiger partial charge in [0.25, 0.3) is 0 Å². The second-order valence-corrected chi connectivity index (χ2v) is 16.5. The van der Waals surface area contributed by atoms with Gasteiger partial charge in [-0.2, -0.15) is 0 Å². The molecule has 1 aromatic carbocycles. The highest BCUT2D eigenvalue weighted by Crippen LogP contribution is 2.52. The minimum absolute atomic E-state index is 0.0302. The number of hydrogen-bond acceptors (Lipinski definition) is 17. The molecule has 17 nitrogen and oxygen atoms in total. The van der Waals surface area contributed by atoms with Gasteiger partial charge < -0.3 is 58.7 Å². The van der Waals surface area contributed by atoms with E-state index in [1.165, 1.54) is 26.2 Å². The molecule has 17 heteroatoms.